The molecule has 0 aliphatic heterocycles. The molecule has 1 aliphatic rings. The first-order valence-corrected chi connectivity index (χ1v) is 15.4. The van der Waals surface area contributed by atoms with Crippen LogP contribution in [0.25, 0.3) is 0 Å². The molecule has 1 saturated carbocycles. The van der Waals surface area contributed by atoms with Crippen LogP contribution in [0.15, 0.2) is 0 Å². The van der Waals surface area contributed by atoms with Crippen LogP contribution in [-0.2, 0) is 34.2 Å². The summed E-state index contributed by atoms with van der Waals surface area (Å²) in [7, 11) is 0. The maximum absolute atomic E-state index is 11.7. The molecule has 0 aromatic heterocycles. The van der Waals surface area contributed by atoms with Crippen LogP contribution in [0.3, 0.4) is 0 Å². The minimum atomic E-state index is -0.796. The second kappa shape index (κ2) is 19.8. The Labute approximate surface area is 238 Å². The van der Waals surface area contributed by atoms with Crippen LogP contribution in [0.1, 0.15) is 146 Å². The van der Waals surface area contributed by atoms with E-state index in [9.17, 15) is 14.7 Å². The number of rotatable bonds is 18. The molecule has 39 heavy (non-hydrogen) atoms. The number of carboxylic acids is 1. The normalized spacial score (nSPS) is 17.2. The number of carboxylic acid groups (broad SMARTS) is 1. The SMILES string of the molecule is CCCCC(C(=O)O)C(C)OOC(C)(C)C1CCCCC1.CCCCC(CC)C(=O)OOOC(C)(C)C(C)C. The highest BCUT2D eigenvalue weighted by atomic mass is 17.5. The van der Waals surface area contributed by atoms with Gasteiger partial charge in [0.25, 0.3) is 0 Å². The number of unbranched alkanes of at least 4 members (excludes halogenated alkanes) is 2. The van der Waals surface area contributed by atoms with Crippen molar-refractivity contribution >= 4 is 11.9 Å². The fraction of sp³-hybridized carbons (Fsp3) is 0.935. The number of carbonyl (C=O) groups excluding carboxylic acids is 1. The highest BCUT2D eigenvalue weighted by Crippen LogP contribution is 2.35. The van der Waals surface area contributed by atoms with Crippen molar-refractivity contribution in [1.82, 2.24) is 0 Å². The van der Waals surface area contributed by atoms with Gasteiger partial charge in [0, 0.05) is 0 Å². The van der Waals surface area contributed by atoms with Gasteiger partial charge in [-0.25, -0.2) is 14.6 Å². The molecule has 3 unspecified atom stereocenters. The van der Waals surface area contributed by atoms with Gasteiger partial charge in [0.15, 0.2) is 0 Å². The van der Waals surface area contributed by atoms with Crippen molar-refractivity contribution < 1.29 is 39.3 Å². The lowest BCUT2D eigenvalue weighted by Crippen LogP contribution is -2.38. The Hall–Kier alpha value is -1.22. The number of aliphatic carboxylic acids is 1. The van der Waals surface area contributed by atoms with Crippen molar-refractivity contribution in [3.8, 4) is 0 Å². The first-order valence-electron chi connectivity index (χ1n) is 15.4. The lowest BCUT2D eigenvalue weighted by molar-refractivity contribution is -0.521. The van der Waals surface area contributed by atoms with Crippen molar-refractivity contribution in [3.63, 3.8) is 0 Å². The van der Waals surface area contributed by atoms with E-state index >= 15 is 0 Å². The van der Waals surface area contributed by atoms with E-state index in [1.54, 1.807) is 6.92 Å². The molecule has 8 nitrogen and oxygen atoms in total. The summed E-state index contributed by atoms with van der Waals surface area (Å²) in [6.45, 7) is 19.8. The van der Waals surface area contributed by atoms with Crippen LogP contribution in [-0.4, -0.2) is 34.4 Å². The third-order valence-corrected chi connectivity index (χ3v) is 8.24. The van der Waals surface area contributed by atoms with Gasteiger partial charge in [-0.15, -0.1) is 0 Å². The highest BCUT2D eigenvalue weighted by Gasteiger charge is 2.35. The fourth-order valence-electron chi connectivity index (χ4n) is 4.36. The van der Waals surface area contributed by atoms with Crippen LogP contribution in [0.4, 0.5) is 0 Å². The maximum Gasteiger partial charge on any atom is 0.348 e. The van der Waals surface area contributed by atoms with Crippen molar-refractivity contribution in [1.29, 1.82) is 0 Å². The van der Waals surface area contributed by atoms with Gasteiger partial charge in [0.1, 0.15) is 17.3 Å². The Morgan fingerprint density at radius 1 is 0.872 bits per heavy atom. The lowest BCUT2D eigenvalue weighted by atomic mass is 9.79. The van der Waals surface area contributed by atoms with Crippen molar-refractivity contribution in [3.05, 3.63) is 0 Å². The molecule has 0 radical (unpaired) electrons. The van der Waals surface area contributed by atoms with E-state index in [1.807, 2.05) is 34.6 Å². The molecular weight excluding hydrogens is 500 g/mol. The second-order valence-electron chi connectivity index (χ2n) is 12.5. The molecule has 0 amide bonds. The number of hydrogen-bond donors (Lipinski definition) is 1. The predicted molar refractivity (Wildman–Crippen MR) is 153 cm³/mol. The second-order valence-corrected chi connectivity index (χ2v) is 12.5. The number of hydrogen-bond acceptors (Lipinski definition) is 7. The Morgan fingerprint density at radius 2 is 1.44 bits per heavy atom. The summed E-state index contributed by atoms with van der Waals surface area (Å²) in [5.74, 6) is -0.973. The van der Waals surface area contributed by atoms with Gasteiger partial charge in [-0.2, -0.15) is 4.89 Å². The topological polar surface area (TPSA) is 101 Å². The standard InChI is InChI=1S/C17H32O4.C14H28O4/c1-5-6-12-15(16(18)19)13(2)20-21-17(3,4)14-10-8-7-9-11-14;1-7-9-10-12(8-2)13(15)16-18-17-14(5,6)11(3)4/h13-15H,5-12H2,1-4H3,(H,18,19);11-12H,7-10H2,1-6H3. The summed E-state index contributed by atoms with van der Waals surface area (Å²) in [5, 5.41) is 13.9. The van der Waals surface area contributed by atoms with Gasteiger partial charge < -0.3 is 5.11 Å². The van der Waals surface area contributed by atoms with Crippen LogP contribution >= 0.6 is 0 Å². The Morgan fingerprint density at radius 3 is 1.92 bits per heavy atom. The minimum absolute atomic E-state index is 0.101. The average molecular weight is 561 g/mol. The molecule has 0 aromatic rings. The quantitative estimate of drug-likeness (QED) is 0.131. The summed E-state index contributed by atoms with van der Waals surface area (Å²) in [5.41, 5.74) is -0.825. The van der Waals surface area contributed by atoms with E-state index in [2.05, 4.69) is 32.7 Å². The van der Waals surface area contributed by atoms with E-state index in [4.69, 9.17) is 19.6 Å². The fourth-order valence-corrected chi connectivity index (χ4v) is 4.36. The monoisotopic (exact) mass is 560 g/mol. The molecule has 8 heteroatoms. The highest BCUT2D eigenvalue weighted by molar-refractivity contribution is 5.71. The molecule has 0 spiro atoms. The largest absolute Gasteiger partial charge is 0.481 e. The summed E-state index contributed by atoms with van der Waals surface area (Å²) < 4.78 is 0. The van der Waals surface area contributed by atoms with Crippen molar-refractivity contribution in [2.45, 2.75) is 164 Å². The smallest absolute Gasteiger partial charge is 0.348 e. The van der Waals surface area contributed by atoms with Gasteiger partial charge in [-0.05, 0) is 83.6 Å². The van der Waals surface area contributed by atoms with Crippen molar-refractivity contribution in [2.24, 2.45) is 23.7 Å². The first-order chi connectivity index (χ1) is 18.2. The van der Waals surface area contributed by atoms with Gasteiger partial charge >= 0.3 is 11.9 Å². The predicted octanol–water partition coefficient (Wildman–Crippen LogP) is 8.62. The Bertz CT molecular complexity index is 655. The zero-order valence-corrected chi connectivity index (χ0v) is 26.7. The molecule has 0 saturated heterocycles. The van der Waals surface area contributed by atoms with Crippen LogP contribution < -0.4 is 0 Å². The van der Waals surface area contributed by atoms with Gasteiger partial charge in [0.05, 0.1) is 11.8 Å². The van der Waals surface area contributed by atoms with E-state index in [-0.39, 0.29) is 23.4 Å². The number of carbonyl (C=O) groups is 2. The average Bonchev–Trinajstić information content (AvgIpc) is 2.88. The summed E-state index contributed by atoms with van der Waals surface area (Å²) in [4.78, 5) is 44.1. The van der Waals surface area contributed by atoms with Crippen LogP contribution in [0.5, 0.6) is 0 Å². The maximum atomic E-state index is 11.7. The molecule has 3 atom stereocenters. The first kappa shape index (κ1) is 37.8. The van der Waals surface area contributed by atoms with Crippen LogP contribution in [0.2, 0.25) is 0 Å². The van der Waals surface area contributed by atoms with E-state index in [1.165, 1.54) is 32.1 Å². The van der Waals surface area contributed by atoms with Gasteiger partial charge in [-0.3, -0.25) is 9.68 Å². The lowest BCUT2D eigenvalue weighted by Gasteiger charge is -2.36. The molecule has 0 aromatic carbocycles. The zero-order chi connectivity index (χ0) is 30.1. The van der Waals surface area contributed by atoms with E-state index < -0.39 is 23.6 Å². The summed E-state index contributed by atoms with van der Waals surface area (Å²) >= 11 is 0. The Kier molecular flexibility index (Phi) is 19.2. The zero-order valence-electron chi connectivity index (χ0n) is 26.7. The van der Waals surface area contributed by atoms with Crippen molar-refractivity contribution in [2.75, 3.05) is 0 Å². The molecule has 1 N–H and O–H groups in total. The molecule has 1 aliphatic carbocycles. The molecule has 1 rings (SSSR count). The molecular formula is C31H60O8. The van der Waals surface area contributed by atoms with Crippen LogP contribution in [0, 0.1) is 23.7 Å². The summed E-state index contributed by atoms with van der Waals surface area (Å²) in [6, 6.07) is 0. The minimum Gasteiger partial charge on any atom is -0.481 e. The van der Waals surface area contributed by atoms with Gasteiger partial charge in [0.2, 0.25) is 0 Å². The summed E-state index contributed by atoms with van der Waals surface area (Å²) in [6.07, 6.45) is 11.9. The molecule has 232 valence electrons. The van der Waals surface area contributed by atoms with Gasteiger partial charge in [-0.1, -0.05) is 79.6 Å². The van der Waals surface area contributed by atoms with E-state index in [0.717, 1.165) is 38.5 Å². The molecule has 1 fully saturated rings. The Balaban J connectivity index is 0.000000751. The third-order valence-electron chi connectivity index (χ3n) is 8.24. The van der Waals surface area contributed by atoms with E-state index in [0.29, 0.717) is 12.3 Å². The molecule has 0 heterocycles. The third kappa shape index (κ3) is 15.4. The molecule has 0 bridgehead atoms.